The van der Waals surface area contributed by atoms with Crippen LogP contribution in [-0.4, -0.2) is 29.5 Å². The van der Waals surface area contributed by atoms with Gasteiger partial charge in [0.05, 0.1) is 35.1 Å². The normalized spacial score (nSPS) is 11.1. The summed E-state index contributed by atoms with van der Waals surface area (Å²) in [7, 11) is 0. The zero-order valence-corrected chi connectivity index (χ0v) is 16.6. The average Bonchev–Trinajstić information content (AvgIpc) is 3.33. The minimum Gasteiger partial charge on any atom is -0.323 e. The van der Waals surface area contributed by atoms with Crippen LogP contribution in [0.2, 0.25) is 5.02 Å². The van der Waals surface area contributed by atoms with Gasteiger partial charge in [-0.2, -0.15) is 15.2 Å². The minimum absolute atomic E-state index is 0.274. The Bertz CT molecular complexity index is 1420. The standard InChI is InChI=1S/C21H16ClN7O/c1-13-18(12-24-28(13)16-9-5-6-14(22)10-16)25-21-26-19-17(20(30)27-21)11-23-29(19)15-7-3-2-4-8-15/h2-12H,1H3,(H2,25,26,27,30). The molecule has 0 atom stereocenters. The van der Waals surface area contributed by atoms with Crippen LogP contribution in [0, 0.1) is 6.92 Å². The van der Waals surface area contributed by atoms with E-state index in [4.69, 9.17) is 11.6 Å². The zero-order chi connectivity index (χ0) is 20.7. The fourth-order valence-corrected chi connectivity index (χ4v) is 3.45. The van der Waals surface area contributed by atoms with Crippen molar-refractivity contribution in [1.29, 1.82) is 0 Å². The first-order valence-corrected chi connectivity index (χ1v) is 9.59. The molecule has 8 nitrogen and oxygen atoms in total. The van der Waals surface area contributed by atoms with Crippen LogP contribution in [-0.2, 0) is 0 Å². The molecule has 0 saturated carbocycles. The van der Waals surface area contributed by atoms with Crippen molar-refractivity contribution in [2.24, 2.45) is 0 Å². The molecule has 0 aliphatic rings. The maximum Gasteiger partial charge on any atom is 0.263 e. The first-order valence-electron chi connectivity index (χ1n) is 9.21. The van der Waals surface area contributed by atoms with Crippen molar-refractivity contribution in [3.05, 3.63) is 88.1 Å². The third-order valence-corrected chi connectivity index (χ3v) is 4.99. The number of aromatic nitrogens is 6. The smallest absolute Gasteiger partial charge is 0.263 e. The summed E-state index contributed by atoms with van der Waals surface area (Å²) >= 11 is 6.10. The summed E-state index contributed by atoms with van der Waals surface area (Å²) in [4.78, 5) is 19.9. The van der Waals surface area contributed by atoms with Crippen molar-refractivity contribution in [1.82, 2.24) is 29.5 Å². The lowest BCUT2D eigenvalue weighted by molar-refractivity contribution is 0.847. The van der Waals surface area contributed by atoms with Gasteiger partial charge in [-0.25, -0.2) is 9.36 Å². The molecule has 0 fully saturated rings. The molecular weight excluding hydrogens is 402 g/mol. The molecule has 148 valence electrons. The van der Waals surface area contributed by atoms with E-state index < -0.39 is 0 Å². The SMILES string of the molecule is Cc1c(Nc2nc3c(cnn3-c3ccccc3)c(=O)[nH]2)cnn1-c1cccc(Cl)c1. The highest BCUT2D eigenvalue weighted by Gasteiger charge is 2.14. The molecule has 0 aliphatic heterocycles. The average molecular weight is 418 g/mol. The zero-order valence-electron chi connectivity index (χ0n) is 15.9. The van der Waals surface area contributed by atoms with Gasteiger partial charge in [-0.1, -0.05) is 35.9 Å². The fourth-order valence-electron chi connectivity index (χ4n) is 3.26. The van der Waals surface area contributed by atoms with Crippen LogP contribution in [0.25, 0.3) is 22.4 Å². The second-order valence-corrected chi connectivity index (χ2v) is 7.14. The third kappa shape index (κ3) is 3.13. The van der Waals surface area contributed by atoms with E-state index in [1.165, 1.54) is 6.20 Å². The summed E-state index contributed by atoms with van der Waals surface area (Å²) in [5, 5.41) is 12.9. The highest BCUT2D eigenvalue weighted by atomic mass is 35.5. The van der Waals surface area contributed by atoms with E-state index in [1.807, 2.05) is 61.5 Å². The Morgan fingerprint density at radius 3 is 2.53 bits per heavy atom. The Morgan fingerprint density at radius 2 is 1.73 bits per heavy atom. The van der Waals surface area contributed by atoms with Gasteiger partial charge in [-0.05, 0) is 37.3 Å². The first-order chi connectivity index (χ1) is 14.6. The Kier molecular flexibility index (Phi) is 4.33. The molecule has 0 saturated heterocycles. The molecule has 2 aromatic carbocycles. The van der Waals surface area contributed by atoms with Gasteiger partial charge in [0.25, 0.3) is 5.56 Å². The number of nitrogens with zero attached hydrogens (tertiary/aromatic N) is 5. The number of hydrogen-bond acceptors (Lipinski definition) is 5. The number of fused-ring (bicyclic) bond motifs is 1. The molecule has 0 aliphatic carbocycles. The van der Waals surface area contributed by atoms with Gasteiger partial charge in [-0.3, -0.25) is 9.78 Å². The molecule has 0 spiro atoms. The van der Waals surface area contributed by atoms with Crippen molar-refractivity contribution >= 4 is 34.3 Å². The van der Waals surface area contributed by atoms with Gasteiger partial charge in [0.15, 0.2) is 5.65 Å². The van der Waals surface area contributed by atoms with Crippen LogP contribution in [0.4, 0.5) is 11.6 Å². The van der Waals surface area contributed by atoms with Gasteiger partial charge in [0.2, 0.25) is 5.95 Å². The van der Waals surface area contributed by atoms with Gasteiger partial charge in [-0.15, -0.1) is 0 Å². The van der Waals surface area contributed by atoms with E-state index >= 15 is 0 Å². The molecule has 0 amide bonds. The Labute approximate surface area is 175 Å². The highest BCUT2D eigenvalue weighted by Crippen LogP contribution is 2.23. The van der Waals surface area contributed by atoms with Crippen molar-refractivity contribution in [3.63, 3.8) is 0 Å². The van der Waals surface area contributed by atoms with Crippen LogP contribution in [0.15, 0.2) is 71.8 Å². The number of anilines is 2. The molecule has 0 radical (unpaired) electrons. The van der Waals surface area contributed by atoms with Gasteiger partial charge in [0.1, 0.15) is 5.39 Å². The summed E-state index contributed by atoms with van der Waals surface area (Å²) < 4.78 is 3.40. The van der Waals surface area contributed by atoms with E-state index in [9.17, 15) is 4.79 Å². The minimum atomic E-state index is -0.274. The molecule has 30 heavy (non-hydrogen) atoms. The van der Waals surface area contributed by atoms with E-state index in [0.29, 0.717) is 27.7 Å². The molecule has 3 aromatic heterocycles. The highest BCUT2D eigenvalue weighted by molar-refractivity contribution is 6.30. The van der Waals surface area contributed by atoms with Crippen LogP contribution in [0.5, 0.6) is 0 Å². The van der Waals surface area contributed by atoms with Gasteiger partial charge in [0, 0.05) is 5.02 Å². The van der Waals surface area contributed by atoms with Crippen molar-refractivity contribution in [2.45, 2.75) is 6.92 Å². The maximum absolute atomic E-state index is 12.6. The molecule has 0 unspecified atom stereocenters. The number of nitrogens with one attached hydrogen (secondary N) is 2. The largest absolute Gasteiger partial charge is 0.323 e. The number of hydrogen-bond donors (Lipinski definition) is 2. The van der Waals surface area contributed by atoms with E-state index in [1.54, 1.807) is 15.6 Å². The van der Waals surface area contributed by atoms with E-state index in [0.717, 1.165) is 17.1 Å². The molecular formula is C21H16ClN7O. The monoisotopic (exact) mass is 417 g/mol. The maximum atomic E-state index is 12.6. The summed E-state index contributed by atoms with van der Waals surface area (Å²) in [5.74, 6) is 0.305. The van der Waals surface area contributed by atoms with Crippen molar-refractivity contribution in [2.75, 3.05) is 5.32 Å². The molecule has 0 bridgehead atoms. The number of rotatable bonds is 4. The number of benzene rings is 2. The van der Waals surface area contributed by atoms with Gasteiger partial charge >= 0.3 is 0 Å². The molecule has 9 heteroatoms. The van der Waals surface area contributed by atoms with Gasteiger partial charge < -0.3 is 5.32 Å². The molecule has 5 aromatic rings. The van der Waals surface area contributed by atoms with Crippen molar-refractivity contribution in [3.8, 4) is 11.4 Å². The third-order valence-electron chi connectivity index (χ3n) is 4.75. The summed E-state index contributed by atoms with van der Waals surface area (Å²) in [5.41, 5.74) is 3.41. The second-order valence-electron chi connectivity index (χ2n) is 6.70. The number of halogens is 1. The number of H-pyrrole nitrogens is 1. The summed E-state index contributed by atoms with van der Waals surface area (Å²) in [6.45, 7) is 1.92. The molecule has 3 heterocycles. The predicted octanol–water partition coefficient (Wildman–Crippen LogP) is 4.00. The fraction of sp³-hybridized carbons (Fsp3) is 0.0476. The molecule has 5 rings (SSSR count). The summed E-state index contributed by atoms with van der Waals surface area (Å²) in [6.07, 6.45) is 3.19. The van der Waals surface area contributed by atoms with Crippen LogP contribution in [0.3, 0.4) is 0 Å². The number of aromatic amines is 1. The first kappa shape index (κ1) is 18.1. The lowest BCUT2D eigenvalue weighted by Gasteiger charge is -2.08. The van der Waals surface area contributed by atoms with Crippen molar-refractivity contribution < 1.29 is 0 Å². The molecule has 2 N–H and O–H groups in total. The topological polar surface area (TPSA) is 93.4 Å². The van der Waals surface area contributed by atoms with E-state index in [-0.39, 0.29) is 5.56 Å². The quantitative estimate of drug-likeness (QED) is 0.461. The number of para-hydroxylation sites is 1. The predicted molar refractivity (Wildman–Crippen MR) is 116 cm³/mol. The summed E-state index contributed by atoms with van der Waals surface area (Å²) in [6, 6.07) is 17.0. The second kappa shape index (κ2) is 7.16. The Hall–Kier alpha value is -3.91. The van der Waals surface area contributed by atoms with E-state index in [2.05, 4.69) is 25.5 Å². The lowest BCUT2D eigenvalue weighted by Crippen LogP contribution is -2.12. The Morgan fingerprint density at radius 1 is 0.967 bits per heavy atom. The lowest BCUT2D eigenvalue weighted by atomic mass is 10.3. The van der Waals surface area contributed by atoms with Crippen LogP contribution in [0.1, 0.15) is 5.69 Å². The van der Waals surface area contributed by atoms with Crippen LogP contribution >= 0.6 is 11.6 Å². The van der Waals surface area contributed by atoms with Crippen LogP contribution < -0.4 is 10.9 Å². The Balaban J connectivity index is 1.54.